The van der Waals surface area contributed by atoms with Gasteiger partial charge in [0.05, 0.1) is 6.61 Å². The third-order valence-corrected chi connectivity index (χ3v) is 3.28. The van der Waals surface area contributed by atoms with Gasteiger partial charge in [-0.3, -0.25) is 9.48 Å². The number of carbonyl (C=O) groups excluding carboxylic acids is 1. The molecule has 0 aliphatic heterocycles. The summed E-state index contributed by atoms with van der Waals surface area (Å²) in [5, 5.41) is 4.43. The van der Waals surface area contributed by atoms with Gasteiger partial charge in [0.25, 0.3) is 0 Å². The van der Waals surface area contributed by atoms with Crippen molar-refractivity contribution >= 4 is 5.97 Å². The fraction of sp³-hybridized carbons (Fsp3) is 0.769. The molecule has 1 aliphatic carbocycles. The summed E-state index contributed by atoms with van der Waals surface area (Å²) in [6, 6.07) is 0. The van der Waals surface area contributed by atoms with E-state index in [1.54, 1.807) is 4.68 Å². The second kappa shape index (κ2) is 4.07. The summed E-state index contributed by atoms with van der Waals surface area (Å²) >= 11 is 0. The Labute approximate surface area is 108 Å². The molecule has 2 rings (SSSR count). The maximum absolute atomic E-state index is 12.0. The Bertz CT molecular complexity index is 467. The first-order chi connectivity index (χ1) is 8.31. The molecule has 0 spiro atoms. The van der Waals surface area contributed by atoms with E-state index in [4.69, 9.17) is 4.74 Å². The van der Waals surface area contributed by atoms with Crippen molar-refractivity contribution in [2.45, 2.75) is 51.4 Å². The average molecular weight is 251 g/mol. The highest BCUT2D eigenvalue weighted by Crippen LogP contribution is 2.48. The molecule has 0 atom stereocenters. The Hall–Kier alpha value is -1.39. The molecule has 0 radical (unpaired) electrons. The van der Waals surface area contributed by atoms with Gasteiger partial charge in [0.2, 0.25) is 0 Å². The molecule has 100 valence electrons. The molecule has 0 N–H and O–H groups in total. The topological polar surface area (TPSA) is 57.0 Å². The van der Waals surface area contributed by atoms with Crippen LogP contribution in [0.2, 0.25) is 0 Å². The molecule has 0 bridgehead atoms. The van der Waals surface area contributed by atoms with Crippen molar-refractivity contribution in [3.63, 3.8) is 0 Å². The van der Waals surface area contributed by atoms with Crippen molar-refractivity contribution in [3.05, 3.63) is 11.6 Å². The molecule has 1 saturated carbocycles. The van der Waals surface area contributed by atoms with Crippen LogP contribution in [0.1, 0.15) is 52.2 Å². The normalized spacial score (nSPS) is 17.6. The molecule has 18 heavy (non-hydrogen) atoms. The second-order valence-electron chi connectivity index (χ2n) is 5.94. The number of rotatable bonds is 3. The van der Waals surface area contributed by atoms with Gasteiger partial charge in [-0.15, -0.1) is 0 Å². The highest BCUT2D eigenvalue weighted by Gasteiger charge is 2.56. The van der Waals surface area contributed by atoms with Crippen LogP contribution in [0.25, 0.3) is 0 Å². The zero-order chi connectivity index (χ0) is 13.6. The Morgan fingerprint density at radius 3 is 2.44 bits per heavy atom. The van der Waals surface area contributed by atoms with Crippen LogP contribution in [0.4, 0.5) is 0 Å². The largest absolute Gasteiger partial charge is 0.465 e. The first-order valence-electron chi connectivity index (χ1n) is 6.40. The number of nitrogens with zero attached hydrogens (tertiary/aromatic N) is 3. The molecular formula is C13H21N3O2. The summed E-state index contributed by atoms with van der Waals surface area (Å²) in [4.78, 5) is 16.6. The SMILES string of the molecule is CCOC(=O)C1(c2nc(C(C)(C)C)nn2C)CC1. The summed E-state index contributed by atoms with van der Waals surface area (Å²) < 4.78 is 6.88. The summed E-state index contributed by atoms with van der Waals surface area (Å²) in [5.41, 5.74) is -0.651. The lowest BCUT2D eigenvalue weighted by Gasteiger charge is -2.13. The Balaban J connectivity index is 2.35. The minimum Gasteiger partial charge on any atom is -0.465 e. The minimum absolute atomic E-state index is 0.110. The maximum Gasteiger partial charge on any atom is 0.319 e. The van der Waals surface area contributed by atoms with Gasteiger partial charge in [-0.1, -0.05) is 20.8 Å². The molecule has 5 nitrogen and oxygen atoms in total. The van der Waals surface area contributed by atoms with Gasteiger partial charge in [0.15, 0.2) is 5.82 Å². The van der Waals surface area contributed by atoms with Crippen molar-refractivity contribution < 1.29 is 9.53 Å². The molecule has 1 fully saturated rings. The number of ether oxygens (including phenoxy) is 1. The number of aromatic nitrogens is 3. The maximum atomic E-state index is 12.0. The van der Waals surface area contributed by atoms with E-state index < -0.39 is 5.41 Å². The Morgan fingerprint density at radius 2 is 2.06 bits per heavy atom. The standard InChI is InChI=1S/C13H21N3O2/c1-6-18-11(17)13(7-8-13)10-14-9(12(2,3)4)15-16(10)5/h6-8H2,1-5H3. The van der Waals surface area contributed by atoms with Gasteiger partial charge < -0.3 is 4.74 Å². The number of esters is 1. The smallest absolute Gasteiger partial charge is 0.319 e. The van der Waals surface area contributed by atoms with Crippen LogP contribution in [0.15, 0.2) is 0 Å². The number of aryl methyl sites for hydroxylation is 1. The van der Waals surface area contributed by atoms with Crippen molar-refractivity contribution in [2.24, 2.45) is 7.05 Å². The third kappa shape index (κ3) is 2.02. The summed E-state index contributed by atoms with van der Waals surface area (Å²) in [7, 11) is 1.84. The Morgan fingerprint density at radius 1 is 1.44 bits per heavy atom. The van der Waals surface area contributed by atoms with E-state index >= 15 is 0 Å². The number of hydrogen-bond donors (Lipinski definition) is 0. The first kappa shape index (κ1) is 13.1. The highest BCUT2D eigenvalue weighted by atomic mass is 16.5. The molecule has 0 unspecified atom stereocenters. The van der Waals surface area contributed by atoms with Crippen LogP contribution in [0, 0.1) is 0 Å². The van der Waals surface area contributed by atoms with E-state index in [2.05, 4.69) is 30.9 Å². The van der Waals surface area contributed by atoms with Crippen LogP contribution in [0.5, 0.6) is 0 Å². The van der Waals surface area contributed by atoms with E-state index in [0.717, 1.165) is 24.5 Å². The molecular weight excluding hydrogens is 230 g/mol. The lowest BCUT2D eigenvalue weighted by molar-refractivity contribution is -0.146. The predicted molar refractivity (Wildman–Crippen MR) is 67.2 cm³/mol. The summed E-state index contributed by atoms with van der Waals surface area (Å²) in [5.74, 6) is 1.35. The van der Waals surface area contributed by atoms with Gasteiger partial charge in [-0.2, -0.15) is 5.10 Å². The monoisotopic (exact) mass is 251 g/mol. The van der Waals surface area contributed by atoms with E-state index in [0.29, 0.717) is 6.61 Å². The van der Waals surface area contributed by atoms with E-state index in [1.165, 1.54) is 0 Å². The molecule has 0 aromatic carbocycles. The van der Waals surface area contributed by atoms with Crippen LogP contribution in [-0.2, 0) is 27.4 Å². The lowest BCUT2D eigenvalue weighted by atomic mass is 9.96. The van der Waals surface area contributed by atoms with Crippen molar-refractivity contribution in [3.8, 4) is 0 Å². The quantitative estimate of drug-likeness (QED) is 0.767. The van der Waals surface area contributed by atoms with E-state index in [-0.39, 0.29) is 11.4 Å². The van der Waals surface area contributed by atoms with Crippen LogP contribution < -0.4 is 0 Å². The number of hydrogen-bond acceptors (Lipinski definition) is 4. The third-order valence-electron chi connectivity index (χ3n) is 3.28. The van der Waals surface area contributed by atoms with Crippen molar-refractivity contribution in [1.29, 1.82) is 0 Å². The molecule has 5 heteroatoms. The molecule has 1 aromatic rings. The van der Waals surface area contributed by atoms with Crippen molar-refractivity contribution in [2.75, 3.05) is 6.61 Å². The molecule has 1 heterocycles. The van der Waals surface area contributed by atoms with Gasteiger partial charge in [0, 0.05) is 12.5 Å². The molecule has 0 amide bonds. The van der Waals surface area contributed by atoms with Gasteiger partial charge in [0.1, 0.15) is 11.2 Å². The molecule has 1 aromatic heterocycles. The fourth-order valence-corrected chi connectivity index (χ4v) is 2.03. The van der Waals surface area contributed by atoms with Gasteiger partial charge in [-0.05, 0) is 19.8 Å². The number of carbonyl (C=O) groups is 1. The molecule has 1 aliphatic rings. The second-order valence-corrected chi connectivity index (χ2v) is 5.94. The van der Waals surface area contributed by atoms with E-state index in [9.17, 15) is 4.79 Å². The van der Waals surface area contributed by atoms with Crippen LogP contribution >= 0.6 is 0 Å². The molecule has 0 saturated heterocycles. The zero-order valence-electron chi connectivity index (χ0n) is 11.8. The minimum atomic E-state index is -0.540. The first-order valence-corrected chi connectivity index (χ1v) is 6.40. The summed E-state index contributed by atoms with van der Waals surface area (Å²) in [6.07, 6.45) is 1.61. The van der Waals surface area contributed by atoms with Gasteiger partial charge >= 0.3 is 5.97 Å². The highest BCUT2D eigenvalue weighted by molar-refractivity contribution is 5.85. The van der Waals surface area contributed by atoms with Crippen LogP contribution in [0.3, 0.4) is 0 Å². The van der Waals surface area contributed by atoms with Crippen molar-refractivity contribution in [1.82, 2.24) is 14.8 Å². The fourth-order valence-electron chi connectivity index (χ4n) is 2.03. The van der Waals surface area contributed by atoms with E-state index in [1.807, 2.05) is 14.0 Å². The zero-order valence-corrected chi connectivity index (χ0v) is 11.8. The summed E-state index contributed by atoms with van der Waals surface area (Å²) in [6.45, 7) is 8.43. The van der Waals surface area contributed by atoms with Gasteiger partial charge in [-0.25, -0.2) is 4.98 Å². The van der Waals surface area contributed by atoms with Crippen LogP contribution in [-0.4, -0.2) is 27.3 Å². The predicted octanol–water partition coefficient (Wildman–Crippen LogP) is 1.71. The Kier molecular flexibility index (Phi) is 2.95. The lowest BCUT2D eigenvalue weighted by Crippen LogP contribution is -2.26. The average Bonchev–Trinajstić information content (AvgIpc) is 2.96.